The van der Waals surface area contributed by atoms with Crippen LogP contribution in [0.4, 0.5) is 0 Å². The van der Waals surface area contributed by atoms with Gasteiger partial charge in [-0.3, -0.25) is 4.79 Å². The summed E-state index contributed by atoms with van der Waals surface area (Å²) < 4.78 is 29.5. The first-order valence-corrected chi connectivity index (χ1v) is 11.4. The van der Waals surface area contributed by atoms with Gasteiger partial charge in [0.2, 0.25) is 0 Å². The van der Waals surface area contributed by atoms with E-state index in [0.717, 1.165) is 5.56 Å². The fraction of sp³-hybridized carbons (Fsp3) is 0.409. The van der Waals surface area contributed by atoms with Crippen molar-refractivity contribution >= 4 is 15.7 Å². The van der Waals surface area contributed by atoms with E-state index in [0.29, 0.717) is 24.6 Å². The van der Waals surface area contributed by atoms with Gasteiger partial charge in [-0.1, -0.05) is 56.3 Å². The average molecular weight is 402 g/mol. The van der Waals surface area contributed by atoms with Gasteiger partial charge in [0.1, 0.15) is 5.75 Å². The predicted octanol–water partition coefficient (Wildman–Crippen LogP) is 3.40. The molecule has 0 aliphatic carbocycles. The van der Waals surface area contributed by atoms with Crippen LogP contribution < -0.4 is 4.74 Å². The fourth-order valence-corrected chi connectivity index (χ4v) is 5.13. The van der Waals surface area contributed by atoms with E-state index >= 15 is 0 Å². The van der Waals surface area contributed by atoms with Crippen molar-refractivity contribution in [3.8, 4) is 5.75 Å². The Hall–Kier alpha value is -2.34. The Morgan fingerprint density at radius 3 is 2.36 bits per heavy atom. The summed E-state index contributed by atoms with van der Waals surface area (Å²) in [6, 6.07) is 17.0. The Balaban J connectivity index is 1.69. The predicted molar refractivity (Wildman–Crippen MR) is 110 cm³/mol. The SMILES string of the molecule is CC(C)c1ccc(OCC(=O)N(Cc2ccccc2)[C@@H]2CCS(=O)(=O)C2)cc1. The molecule has 0 bridgehead atoms. The van der Waals surface area contributed by atoms with Gasteiger partial charge in [-0.15, -0.1) is 0 Å². The second-order valence-electron chi connectivity index (χ2n) is 7.58. The summed E-state index contributed by atoms with van der Waals surface area (Å²) in [7, 11) is -3.08. The maximum Gasteiger partial charge on any atom is 0.261 e. The lowest BCUT2D eigenvalue weighted by atomic mass is 10.0. The van der Waals surface area contributed by atoms with Gasteiger partial charge >= 0.3 is 0 Å². The molecule has 0 N–H and O–H groups in total. The monoisotopic (exact) mass is 401 g/mol. The summed E-state index contributed by atoms with van der Waals surface area (Å²) in [5.74, 6) is 1.03. The number of carbonyl (C=O) groups is 1. The van der Waals surface area contributed by atoms with Crippen LogP contribution in [-0.2, 0) is 21.2 Å². The van der Waals surface area contributed by atoms with Gasteiger partial charge in [0.15, 0.2) is 16.4 Å². The number of amides is 1. The molecule has 1 aliphatic heterocycles. The number of nitrogens with zero attached hydrogens (tertiary/aromatic N) is 1. The first-order valence-electron chi connectivity index (χ1n) is 9.60. The summed E-state index contributed by atoms with van der Waals surface area (Å²) >= 11 is 0. The first-order chi connectivity index (χ1) is 13.3. The quantitative estimate of drug-likeness (QED) is 0.713. The number of carbonyl (C=O) groups excluding carboxylic acids is 1. The van der Waals surface area contributed by atoms with E-state index in [1.54, 1.807) is 4.90 Å². The van der Waals surface area contributed by atoms with E-state index in [2.05, 4.69) is 13.8 Å². The number of sulfone groups is 1. The molecule has 5 nitrogen and oxygen atoms in total. The molecule has 1 atom stereocenters. The molecule has 1 amide bonds. The zero-order valence-corrected chi connectivity index (χ0v) is 17.2. The Morgan fingerprint density at radius 1 is 1.11 bits per heavy atom. The summed E-state index contributed by atoms with van der Waals surface area (Å²) in [6.07, 6.45) is 0.476. The minimum Gasteiger partial charge on any atom is -0.484 e. The van der Waals surface area contributed by atoms with Gasteiger partial charge in [0, 0.05) is 12.6 Å². The van der Waals surface area contributed by atoms with E-state index < -0.39 is 9.84 Å². The van der Waals surface area contributed by atoms with Crippen molar-refractivity contribution in [1.82, 2.24) is 4.90 Å². The van der Waals surface area contributed by atoms with Crippen molar-refractivity contribution in [3.05, 3.63) is 65.7 Å². The minimum atomic E-state index is -3.08. The number of benzene rings is 2. The van der Waals surface area contributed by atoms with Crippen LogP contribution >= 0.6 is 0 Å². The zero-order chi connectivity index (χ0) is 20.1. The molecule has 0 saturated carbocycles. The fourth-order valence-electron chi connectivity index (χ4n) is 3.40. The zero-order valence-electron chi connectivity index (χ0n) is 16.4. The number of ether oxygens (including phenoxy) is 1. The average Bonchev–Trinajstić information content (AvgIpc) is 3.04. The van der Waals surface area contributed by atoms with Crippen molar-refractivity contribution in [2.75, 3.05) is 18.1 Å². The van der Waals surface area contributed by atoms with Crippen LogP contribution in [0.5, 0.6) is 5.75 Å². The lowest BCUT2D eigenvalue weighted by Crippen LogP contribution is -2.43. The summed E-state index contributed by atoms with van der Waals surface area (Å²) in [4.78, 5) is 14.6. The number of rotatable bonds is 7. The van der Waals surface area contributed by atoms with Crippen molar-refractivity contribution in [1.29, 1.82) is 0 Å². The van der Waals surface area contributed by atoms with Gasteiger partial charge in [-0.2, -0.15) is 0 Å². The van der Waals surface area contributed by atoms with Gasteiger partial charge in [-0.25, -0.2) is 8.42 Å². The second-order valence-corrected chi connectivity index (χ2v) is 9.81. The third-order valence-electron chi connectivity index (χ3n) is 5.07. The van der Waals surface area contributed by atoms with Crippen molar-refractivity contribution in [2.24, 2.45) is 0 Å². The number of hydrogen-bond donors (Lipinski definition) is 0. The molecule has 1 fully saturated rings. The second kappa shape index (κ2) is 8.78. The normalized spacial score (nSPS) is 18.2. The standard InChI is InChI=1S/C22H27NO4S/c1-17(2)19-8-10-21(11-9-19)27-15-22(24)23(14-18-6-4-3-5-7-18)20-12-13-28(25,26)16-20/h3-11,17,20H,12-16H2,1-2H3/t20-/m1/s1. The van der Waals surface area contributed by atoms with E-state index in [1.165, 1.54) is 5.56 Å². The van der Waals surface area contributed by atoms with Crippen LogP contribution in [0, 0.1) is 0 Å². The molecule has 1 aliphatic rings. The van der Waals surface area contributed by atoms with E-state index in [4.69, 9.17) is 4.74 Å². The maximum absolute atomic E-state index is 12.9. The Labute approximate surface area is 167 Å². The molecule has 1 saturated heterocycles. The molecule has 150 valence electrons. The van der Waals surface area contributed by atoms with E-state index in [9.17, 15) is 13.2 Å². The summed E-state index contributed by atoms with van der Waals surface area (Å²) in [6.45, 7) is 4.52. The highest BCUT2D eigenvalue weighted by atomic mass is 32.2. The Kier molecular flexibility index (Phi) is 6.39. The molecule has 3 rings (SSSR count). The largest absolute Gasteiger partial charge is 0.484 e. The highest BCUT2D eigenvalue weighted by Crippen LogP contribution is 2.22. The van der Waals surface area contributed by atoms with Crippen LogP contribution in [0.1, 0.15) is 37.3 Å². The van der Waals surface area contributed by atoms with Crippen LogP contribution in [0.15, 0.2) is 54.6 Å². The van der Waals surface area contributed by atoms with Gasteiger partial charge in [0.05, 0.1) is 11.5 Å². The molecule has 0 unspecified atom stereocenters. The Bertz CT molecular complexity index is 892. The lowest BCUT2D eigenvalue weighted by molar-refractivity contribution is -0.136. The van der Waals surface area contributed by atoms with Crippen molar-refractivity contribution < 1.29 is 17.9 Å². The highest BCUT2D eigenvalue weighted by Gasteiger charge is 2.34. The molecule has 0 spiro atoms. The van der Waals surface area contributed by atoms with Gasteiger partial charge < -0.3 is 9.64 Å². The van der Waals surface area contributed by atoms with Crippen LogP contribution in [0.3, 0.4) is 0 Å². The molecule has 0 radical (unpaired) electrons. The number of hydrogen-bond acceptors (Lipinski definition) is 4. The van der Waals surface area contributed by atoms with E-state index in [1.807, 2.05) is 54.6 Å². The molecule has 6 heteroatoms. The third-order valence-corrected chi connectivity index (χ3v) is 6.82. The first kappa shape index (κ1) is 20.4. The van der Waals surface area contributed by atoms with Gasteiger partial charge in [-0.05, 0) is 35.6 Å². The molecule has 0 aromatic heterocycles. The minimum absolute atomic E-state index is 0.0225. The molecule has 2 aromatic rings. The molecule has 1 heterocycles. The van der Waals surface area contributed by atoms with Crippen LogP contribution in [-0.4, -0.2) is 43.4 Å². The van der Waals surface area contributed by atoms with E-state index in [-0.39, 0.29) is 30.1 Å². The lowest BCUT2D eigenvalue weighted by Gasteiger charge is -2.28. The molecular weight excluding hydrogens is 374 g/mol. The van der Waals surface area contributed by atoms with Crippen LogP contribution in [0.2, 0.25) is 0 Å². The molecule has 28 heavy (non-hydrogen) atoms. The maximum atomic E-state index is 12.9. The Morgan fingerprint density at radius 2 is 1.79 bits per heavy atom. The summed E-state index contributed by atoms with van der Waals surface area (Å²) in [5, 5.41) is 0. The highest BCUT2D eigenvalue weighted by molar-refractivity contribution is 7.91. The smallest absolute Gasteiger partial charge is 0.261 e. The van der Waals surface area contributed by atoms with Crippen molar-refractivity contribution in [2.45, 2.75) is 38.8 Å². The molecule has 2 aromatic carbocycles. The van der Waals surface area contributed by atoms with Crippen molar-refractivity contribution in [3.63, 3.8) is 0 Å². The van der Waals surface area contributed by atoms with Crippen LogP contribution in [0.25, 0.3) is 0 Å². The topological polar surface area (TPSA) is 63.7 Å². The summed E-state index contributed by atoms with van der Waals surface area (Å²) in [5.41, 5.74) is 2.18. The van der Waals surface area contributed by atoms with Gasteiger partial charge in [0.25, 0.3) is 5.91 Å². The third kappa shape index (κ3) is 5.35. The molecular formula is C22H27NO4S.